The number of hydrogen-bond acceptors (Lipinski definition) is 4. The maximum atomic E-state index is 9.53. The zero-order valence-electron chi connectivity index (χ0n) is 13.7. The molecule has 0 aliphatic carbocycles. The number of ether oxygens (including phenoxy) is 1. The van der Waals surface area contributed by atoms with Gasteiger partial charge in [0.05, 0.1) is 12.7 Å². The molecule has 0 aromatic carbocycles. The Morgan fingerprint density at radius 1 is 1.30 bits per heavy atom. The van der Waals surface area contributed by atoms with Gasteiger partial charge in [0.25, 0.3) is 0 Å². The predicted molar refractivity (Wildman–Crippen MR) is 84.1 cm³/mol. The van der Waals surface area contributed by atoms with Crippen molar-refractivity contribution in [2.75, 3.05) is 39.9 Å². The number of likely N-dealkylation sites (tertiary alicyclic amines) is 1. The lowest BCUT2D eigenvalue weighted by atomic mass is 9.95. The zero-order valence-corrected chi connectivity index (χ0v) is 13.7. The molecule has 0 bridgehead atoms. The Kier molecular flexibility index (Phi) is 8.69. The third kappa shape index (κ3) is 6.53. The minimum atomic E-state index is -0.0982. The fourth-order valence-electron chi connectivity index (χ4n) is 2.87. The molecule has 2 N–H and O–H groups in total. The topological polar surface area (TPSA) is 44.7 Å². The molecule has 0 radical (unpaired) electrons. The van der Waals surface area contributed by atoms with Gasteiger partial charge in [-0.25, -0.2) is 0 Å². The fraction of sp³-hybridized carbons (Fsp3) is 1.00. The molecule has 1 aliphatic rings. The summed E-state index contributed by atoms with van der Waals surface area (Å²) in [7, 11) is 1.82. The quantitative estimate of drug-likeness (QED) is 0.603. The lowest BCUT2D eigenvalue weighted by molar-refractivity contribution is 0.0404. The molecule has 0 spiro atoms. The summed E-state index contributed by atoms with van der Waals surface area (Å²) in [4.78, 5) is 2.55. The Morgan fingerprint density at radius 2 is 2.00 bits per heavy atom. The van der Waals surface area contributed by atoms with E-state index >= 15 is 0 Å². The summed E-state index contributed by atoms with van der Waals surface area (Å²) in [6.07, 6.45) is 7.38. The SMILES string of the molecule is CCCNC(C)(CO)CCCCN1CCC(OC)CC1. The van der Waals surface area contributed by atoms with Gasteiger partial charge >= 0.3 is 0 Å². The molecule has 4 heteroatoms. The summed E-state index contributed by atoms with van der Waals surface area (Å²) < 4.78 is 5.40. The van der Waals surface area contributed by atoms with E-state index < -0.39 is 0 Å². The van der Waals surface area contributed by atoms with E-state index in [4.69, 9.17) is 4.74 Å². The molecule has 120 valence electrons. The first-order valence-corrected chi connectivity index (χ1v) is 8.24. The average molecular weight is 286 g/mol. The summed E-state index contributed by atoms with van der Waals surface area (Å²) in [6.45, 7) is 9.04. The molecule has 0 aromatic heterocycles. The molecule has 0 amide bonds. The molecule has 0 saturated carbocycles. The number of aliphatic hydroxyl groups excluding tert-OH is 1. The van der Waals surface area contributed by atoms with Gasteiger partial charge < -0.3 is 20.1 Å². The van der Waals surface area contributed by atoms with E-state index in [0.29, 0.717) is 6.10 Å². The van der Waals surface area contributed by atoms with Crippen LogP contribution in [0.3, 0.4) is 0 Å². The largest absolute Gasteiger partial charge is 0.394 e. The zero-order chi connectivity index (χ0) is 14.8. The number of unbranched alkanes of at least 4 members (excludes halogenated alkanes) is 1. The first-order valence-electron chi connectivity index (χ1n) is 8.24. The Labute approximate surface area is 124 Å². The molecule has 1 unspecified atom stereocenters. The van der Waals surface area contributed by atoms with Gasteiger partial charge in [0, 0.05) is 25.7 Å². The van der Waals surface area contributed by atoms with Crippen LogP contribution in [-0.4, -0.2) is 61.5 Å². The molecule has 1 fully saturated rings. The number of aliphatic hydroxyl groups is 1. The van der Waals surface area contributed by atoms with Crippen molar-refractivity contribution in [3.8, 4) is 0 Å². The van der Waals surface area contributed by atoms with Crippen LogP contribution < -0.4 is 5.32 Å². The monoisotopic (exact) mass is 286 g/mol. The van der Waals surface area contributed by atoms with Crippen molar-refractivity contribution in [3.63, 3.8) is 0 Å². The first kappa shape index (κ1) is 17.9. The molecule has 1 rings (SSSR count). The predicted octanol–water partition coefficient (Wildman–Crippen LogP) is 2.02. The number of methoxy groups -OCH3 is 1. The highest BCUT2D eigenvalue weighted by atomic mass is 16.5. The van der Waals surface area contributed by atoms with E-state index in [1.165, 1.54) is 45.3 Å². The van der Waals surface area contributed by atoms with Crippen molar-refractivity contribution in [1.29, 1.82) is 0 Å². The van der Waals surface area contributed by atoms with Crippen molar-refractivity contribution in [3.05, 3.63) is 0 Å². The van der Waals surface area contributed by atoms with Gasteiger partial charge in [-0.1, -0.05) is 13.3 Å². The van der Waals surface area contributed by atoms with Gasteiger partial charge in [-0.3, -0.25) is 0 Å². The van der Waals surface area contributed by atoms with Crippen molar-refractivity contribution < 1.29 is 9.84 Å². The van der Waals surface area contributed by atoms with E-state index in [-0.39, 0.29) is 12.1 Å². The van der Waals surface area contributed by atoms with Crippen LogP contribution in [0.4, 0.5) is 0 Å². The smallest absolute Gasteiger partial charge is 0.0610 e. The number of hydrogen-bond donors (Lipinski definition) is 2. The third-order valence-corrected chi connectivity index (χ3v) is 4.47. The second-order valence-corrected chi connectivity index (χ2v) is 6.38. The highest BCUT2D eigenvalue weighted by Gasteiger charge is 2.22. The van der Waals surface area contributed by atoms with Crippen LogP contribution in [-0.2, 0) is 4.74 Å². The van der Waals surface area contributed by atoms with Crippen molar-refractivity contribution in [2.24, 2.45) is 0 Å². The second-order valence-electron chi connectivity index (χ2n) is 6.38. The molecule has 0 aromatic rings. The fourth-order valence-corrected chi connectivity index (χ4v) is 2.87. The number of rotatable bonds is 10. The van der Waals surface area contributed by atoms with Gasteiger partial charge in [-0.15, -0.1) is 0 Å². The van der Waals surface area contributed by atoms with Gasteiger partial charge in [0.15, 0.2) is 0 Å². The number of piperidine rings is 1. The Bertz CT molecular complexity index is 243. The van der Waals surface area contributed by atoms with Gasteiger partial charge in [-0.2, -0.15) is 0 Å². The van der Waals surface area contributed by atoms with Crippen molar-refractivity contribution in [1.82, 2.24) is 10.2 Å². The first-order chi connectivity index (χ1) is 9.63. The number of nitrogens with zero attached hydrogens (tertiary/aromatic N) is 1. The number of nitrogens with one attached hydrogen (secondary N) is 1. The minimum absolute atomic E-state index is 0.0982. The summed E-state index contributed by atoms with van der Waals surface area (Å²) >= 11 is 0. The van der Waals surface area contributed by atoms with Crippen LogP contribution >= 0.6 is 0 Å². The van der Waals surface area contributed by atoms with Gasteiger partial charge in [0.2, 0.25) is 0 Å². The Balaban J connectivity index is 2.11. The normalized spacial score (nSPS) is 21.0. The van der Waals surface area contributed by atoms with E-state index in [9.17, 15) is 5.11 Å². The Hall–Kier alpha value is -0.160. The standard InChI is InChI=1S/C16H34N2O2/c1-4-10-17-16(2,14-19)9-5-6-11-18-12-7-15(20-3)8-13-18/h15,17,19H,4-14H2,1-3H3. The van der Waals surface area contributed by atoms with Crippen LogP contribution in [0.1, 0.15) is 52.4 Å². The maximum Gasteiger partial charge on any atom is 0.0610 e. The van der Waals surface area contributed by atoms with Crippen molar-refractivity contribution >= 4 is 0 Å². The molecule has 1 heterocycles. The molecular weight excluding hydrogens is 252 g/mol. The van der Waals surface area contributed by atoms with E-state index in [1.807, 2.05) is 7.11 Å². The third-order valence-electron chi connectivity index (χ3n) is 4.47. The van der Waals surface area contributed by atoms with E-state index in [0.717, 1.165) is 19.4 Å². The summed E-state index contributed by atoms with van der Waals surface area (Å²) in [5, 5.41) is 13.0. The van der Waals surface area contributed by atoms with Crippen molar-refractivity contribution in [2.45, 2.75) is 64.0 Å². The van der Waals surface area contributed by atoms with E-state index in [2.05, 4.69) is 24.1 Å². The second kappa shape index (κ2) is 9.72. The molecule has 1 aliphatic heterocycles. The van der Waals surface area contributed by atoms with Crippen LogP contribution in [0, 0.1) is 0 Å². The molecule has 1 atom stereocenters. The molecule has 20 heavy (non-hydrogen) atoms. The highest BCUT2D eigenvalue weighted by molar-refractivity contribution is 4.82. The summed E-state index contributed by atoms with van der Waals surface area (Å²) in [5.41, 5.74) is -0.0982. The molecule has 1 saturated heterocycles. The maximum absolute atomic E-state index is 9.53. The average Bonchev–Trinajstić information content (AvgIpc) is 2.50. The lowest BCUT2D eigenvalue weighted by Crippen LogP contribution is -2.46. The summed E-state index contributed by atoms with van der Waals surface area (Å²) in [6, 6.07) is 0. The van der Waals surface area contributed by atoms with Crippen LogP contribution in [0.15, 0.2) is 0 Å². The van der Waals surface area contributed by atoms with Gasteiger partial charge in [0.1, 0.15) is 0 Å². The van der Waals surface area contributed by atoms with E-state index in [1.54, 1.807) is 0 Å². The Morgan fingerprint density at radius 3 is 2.55 bits per heavy atom. The minimum Gasteiger partial charge on any atom is -0.394 e. The van der Waals surface area contributed by atoms with Crippen LogP contribution in [0.5, 0.6) is 0 Å². The van der Waals surface area contributed by atoms with Gasteiger partial charge in [-0.05, 0) is 52.1 Å². The molecular formula is C16H34N2O2. The molecule has 4 nitrogen and oxygen atoms in total. The highest BCUT2D eigenvalue weighted by Crippen LogP contribution is 2.16. The lowest BCUT2D eigenvalue weighted by Gasteiger charge is -2.32. The summed E-state index contributed by atoms with van der Waals surface area (Å²) in [5.74, 6) is 0. The van der Waals surface area contributed by atoms with Crippen LogP contribution in [0.25, 0.3) is 0 Å². The van der Waals surface area contributed by atoms with Crippen LogP contribution in [0.2, 0.25) is 0 Å².